The van der Waals surface area contributed by atoms with Gasteiger partial charge in [0, 0.05) is 32.4 Å². The summed E-state index contributed by atoms with van der Waals surface area (Å²) in [5, 5.41) is 6.00. The highest BCUT2D eigenvalue weighted by molar-refractivity contribution is 6.31. The van der Waals surface area contributed by atoms with E-state index in [2.05, 4.69) is 25.3 Å². The predicted molar refractivity (Wildman–Crippen MR) is 108 cm³/mol. The van der Waals surface area contributed by atoms with Gasteiger partial charge in [0.25, 0.3) is 0 Å². The van der Waals surface area contributed by atoms with Crippen molar-refractivity contribution in [3.63, 3.8) is 0 Å². The molecule has 0 saturated carbocycles. The van der Waals surface area contributed by atoms with E-state index in [1.54, 1.807) is 19.2 Å². The van der Waals surface area contributed by atoms with Crippen LogP contribution in [0.5, 0.6) is 0 Å². The number of nitrogens with zero attached hydrogens (tertiary/aromatic N) is 3. The minimum absolute atomic E-state index is 0. The van der Waals surface area contributed by atoms with E-state index in [4.69, 9.17) is 11.6 Å². The molecule has 3 heterocycles. The number of hydrogen-bond donors (Lipinski definition) is 3. The minimum Gasteiger partial charge on any atom is -0.356 e. The standard InChI is InChI=1S/C18H18ClF3N6O.2H2/c1-3-17(2,16(29)26-9-18(20,21)22)28-13-4-5-23-15(27-13)12-8-25-14-11(12)6-10(19)7-24-14;;/h4-8H,3,9H2,1-2H3,(H,24,25)(H,26,29)(H,23,27,28);2*1H/t17-;;/m0../s1. The highest BCUT2D eigenvalue weighted by Crippen LogP contribution is 2.28. The molecule has 0 bridgehead atoms. The molecule has 3 N–H and O–H groups in total. The van der Waals surface area contributed by atoms with Crippen molar-refractivity contribution in [2.24, 2.45) is 0 Å². The quantitative estimate of drug-likeness (QED) is 0.538. The minimum atomic E-state index is -4.49. The van der Waals surface area contributed by atoms with Crippen molar-refractivity contribution >= 4 is 34.4 Å². The van der Waals surface area contributed by atoms with Crippen LogP contribution in [0.2, 0.25) is 5.02 Å². The van der Waals surface area contributed by atoms with Crippen molar-refractivity contribution in [3.05, 3.63) is 35.7 Å². The molecular formula is C18H22ClF3N6O. The van der Waals surface area contributed by atoms with E-state index in [0.29, 0.717) is 27.9 Å². The number of carbonyl (C=O) groups excluding carboxylic acids is 1. The zero-order valence-corrected chi connectivity index (χ0v) is 16.3. The second kappa shape index (κ2) is 7.86. The normalized spacial score (nSPS) is 13.9. The molecule has 0 saturated heterocycles. The third-order valence-electron chi connectivity index (χ3n) is 4.46. The summed E-state index contributed by atoms with van der Waals surface area (Å²) in [4.78, 5) is 28.2. The molecule has 0 aliphatic rings. The number of pyridine rings is 1. The van der Waals surface area contributed by atoms with Crippen LogP contribution in [0.15, 0.2) is 30.7 Å². The molecule has 0 aromatic carbocycles. The number of aromatic nitrogens is 4. The Labute approximate surface area is 172 Å². The van der Waals surface area contributed by atoms with Gasteiger partial charge in [0.2, 0.25) is 5.91 Å². The number of alkyl halides is 3. The van der Waals surface area contributed by atoms with Gasteiger partial charge in [-0.2, -0.15) is 13.2 Å². The lowest BCUT2D eigenvalue weighted by Gasteiger charge is -2.29. The van der Waals surface area contributed by atoms with Crippen LogP contribution in [0.3, 0.4) is 0 Å². The van der Waals surface area contributed by atoms with Crippen LogP contribution in [0.4, 0.5) is 19.0 Å². The van der Waals surface area contributed by atoms with Gasteiger partial charge in [-0.05, 0) is 25.5 Å². The summed E-state index contributed by atoms with van der Waals surface area (Å²) < 4.78 is 37.3. The molecule has 3 rings (SSSR count). The van der Waals surface area contributed by atoms with Gasteiger partial charge in [-0.15, -0.1) is 0 Å². The largest absolute Gasteiger partial charge is 0.405 e. The molecule has 11 heteroatoms. The summed E-state index contributed by atoms with van der Waals surface area (Å²) in [6.07, 6.45) is 0.433. The molecule has 1 amide bonds. The fourth-order valence-electron chi connectivity index (χ4n) is 2.68. The monoisotopic (exact) mass is 430 g/mol. The van der Waals surface area contributed by atoms with Crippen LogP contribution in [-0.4, -0.2) is 44.1 Å². The number of anilines is 1. The first kappa shape index (κ1) is 20.8. The predicted octanol–water partition coefficient (Wildman–Crippen LogP) is 4.42. The van der Waals surface area contributed by atoms with Crippen LogP contribution in [0, 0.1) is 0 Å². The van der Waals surface area contributed by atoms with Gasteiger partial charge in [0.05, 0.1) is 5.02 Å². The van der Waals surface area contributed by atoms with E-state index < -0.39 is 24.2 Å². The highest BCUT2D eigenvalue weighted by atomic mass is 35.5. The Morgan fingerprint density at radius 1 is 1.34 bits per heavy atom. The number of aromatic amines is 1. The van der Waals surface area contributed by atoms with Crippen molar-refractivity contribution in [1.82, 2.24) is 25.3 Å². The summed E-state index contributed by atoms with van der Waals surface area (Å²) in [5.41, 5.74) is -0.0308. The van der Waals surface area contributed by atoms with Gasteiger partial charge < -0.3 is 15.6 Å². The lowest BCUT2D eigenvalue weighted by molar-refractivity contribution is -0.140. The molecule has 29 heavy (non-hydrogen) atoms. The van der Waals surface area contributed by atoms with Crippen LogP contribution in [0.25, 0.3) is 22.4 Å². The van der Waals surface area contributed by atoms with E-state index >= 15 is 0 Å². The fraction of sp³-hybridized carbons (Fsp3) is 0.333. The van der Waals surface area contributed by atoms with Crippen molar-refractivity contribution in [3.8, 4) is 11.4 Å². The van der Waals surface area contributed by atoms with Gasteiger partial charge in [-0.25, -0.2) is 15.0 Å². The second-order valence-corrected chi connectivity index (χ2v) is 7.06. The number of H-pyrrole nitrogens is 1. The zero-order chi connectivity index (χ0) is 21.2. The summed E-state index contributed by atoms with van der Waals surface area (Å²) in [7, 11) is 0. The smallest absolute Gasteiger partial charge is 0.356 e. The van der Waals surface area contributed by atoms with Gasteiger partial charge in [-0.3, -0.25) is 4.79 Å². The Kier molecular flexibility index (Phi) is 5.65. The maximum Gasteiger partial charge on any atom is 0.405 e. The first-order valence-electron chi connectivity index (χ1n) is 8.70. The number of nitrogens with one attached hydrogen (secondary N) is 3. The van der Waals surface area contributed by atoms with Gasteiger partial charge in [0.1, 0.15) is 23.5 Å². The van der Waals surface area contributed by atoms with Crippen molar-refractivity contribution in [1.29, 1.82) is 0 Å². The SMILES string of the molecule is CC[C@](C)(Nc1ccnc(-c2c[nH]c3ncc(Cl)cc23)n1)C(=O)NCC(F)(F)F.[HH].[HH]. The van der Waals surface area contributed by atoms with Gasteiger partial charge >= 0.3 is 6.18 Å². The van der Waals surface area contributed by atoms with E-state index in [0.717, 1.165) is 5.39 Å². The number of amides is 1. The Balaban J connectivity index is 0.00000240. The van der Waals surface area contributed by atoms with Gasteiger partial charge in [0.15, 0.2) is 5.82 Å². The zero-order valence-electron chi connectivity index (χ0n) is 15.6. The molecular weight excluding hydrogens is 409 g/mol. The second-order valence-electron chi connectivity index (χ2n) is 6.63. The molecule has 1 atom stereocenters. The number of fused-ring (bicyclic) bond motifs is 1. The average Bonchev–Trinajstić information content (AvgIpc) is 3.08. The number of hydrogen-bond acceptors (Lipinski definition) is 5. The average molecular weight is 431 g/mol. The van der Waals surface area contributed by atoms with E-state index in [1.165, 1.54) is 25.4 Å². The Hall–Kier alpha value is -2.88. The third-order valence-corrected chi connectivity index (χ3v) is 4.66. The molecule has 7 nitrogen and oxygen atoms in total. The Morgan fingerprint density at radius 3 is 2.79 bits per heavy atom. The molecule has 0 aliphatic carbocycles. The van der Waals surface area contributed by atoms with Crippen LogP contribution >= 0.6 is 11.6 Å². The molecule has 3 aromatic rings. The molecule has 0 spiro atoms. The molecule has 158 valence electrons. The fourth-order valence-corrected chi connectivity index (χ4v) is 2.84. The van der Waals surface area contributed by atoms with Crippen LogP contribution in [-0.2, 0) is 4.79 Å². The highest BCUT2D eigenvalue weighted by Gasteiger charge is 2.35. The topological polar surface area (TPSA) is 95.6 Å². The van der Waals surface area contributed by atoms with Crippen molar-refractivity contribution in [2.45, 2.75) is 32.0 Å². The first-order valence-corrected chi connectivity index (χ1v) is 9.08. The molecule has 0 fully saturated rings. The summed E-state index contributed by atoms with van der Waals surface area (Å²) in [5.74, 6) is -0.133. The molecule has 0 aliphatic heterocycles. The van der Waals surface area contributed by atoms with E-state index in [9.17, 15) is 18.0 Å². The van der Waals surface area contributed by atoms with Crippen molar-refractivity contribution in [2.75, 3.05) is 11.9 Å². The molecule has 0 unspecified atom stereocenters. The van der Waals surface area contributed by atoms with E-state index in [-0.39, 0.29) is 9.27 Å². The summed E-state index contributed by atoms with van der Waals surface area (Å²) in [6.45, 7) is 1.80. The maximum atomic E-state index is 12.4. The van der Waals surface area contributed by atoms with Gasteiger partial charge in [-0.1, -0.05) is 18.5 Å². The van der Waals surface area contributed by atoms with E-state index in [1.807, 2.05) is 5.32 Å². The van der Waals surface area contributed by atoms with Crippen LogP contribution < -0.4 is 10.6 Å². The lowest BCUT2D eigenvalue weighted by atomic mass is 9.97. The number of halogens is 4. The van der Waals surface area contributed by atoms with Crippen LogP contribution in [0.1, 0.15) is 23.1 Å². The number of rotatable bonds is 6. The lowest BCUT2D eigenvalue weighted by Crippen LogP contribution is -2.52. The summed E-state index contributed by atoms with van der Waals surface area (Å²) in [6, 6.07) is 3.26. The maximum absolute atomic E-state index is 12.4. The molecule has 0 radical (unpaired) electrons. The van der Waals surface area contributed by atoms with Crippen molar-refractivity contribution < 1.29 is 20.8 Å². The Morgan fingerprint density at radius 2 is 2.10 bits per heavy atom. The summed E-state index contributed by atoms with van der Waals surface area (Å²) >= 11 is 6.01. The molecule has 3 aromatic heterocycles. The third kappa shape index (κ3) is 4.76. The first-order chi connectivity index (χ1) is 13.6. The number of carbonyl (C=O) groups is 1. The Bertz CT molecular complexity index is 1050.